The molecule has 0 spiro atoms. The predicted octanol–water partition coefficient (Wildman–Crippen LogP) is 13.8. The Morgan fingerprint density at radius 1 is 0.321 bits per heavy atom. The Labute approximate surface area is 323 Å². The number of aromatic nitrogens is 3. The third-order valence-corrected chi connectivity index (χ3v) is 10.8. The molecule has 0 aliphatic carbocycles. The molecule has 0 N–H and O–H groups in total. The number of nitrogens with zero attached hydrogens (tertiary/aromatic N) is 3. The lowest BCUT2D eigenvalue weighted by Gasteiger charge is -2.09. The van der Waals surface area contributed by atoms with Gasteiger partial charge in [0.1, 0.15) is 11.2 Å². The van der Waals surface area contributed by atoms with Gasteiger partial charge in [-0.25, -0.2) is 9.97 Å². The lowest BCUT2D eigenvalue weighted by Crippen LogP contribution is -1.95. The smallest absolute Gasteiger partial charge is 0.160 e. The molecule has 0 saturated heterocycles. The van der Waals surface area contributed by atoms with Crippen LogP contribution in [0.15, 0.2) is 205 Å². The van der Waals surface area contributed by atoms with Gasteiger partial charge in [0, 0.05) is 50.0 Å². The zero-order chi connectivity index (χ0) is 37.0. The number of furan rings is 1. The summed E-state index contributed by atoms with van der Waals surface area (Å²) in [5, 5.41) is 4.54. The van der Waals surface area contributed by atoms with E-state index < -0.39 is 0 Å². The van der Waals surface area contributed by atoms with Crippen LogP contribution in [-0.4, -0.2) is 14.5 Å². The highest BCUT2D eigenvalue weighted by atomic mass is 16.3. The van der Waals surface area contributed by atoms with Crippen molar-refractivity contribution in [3.05, 3.63) is 200 Å². The maximum absolute atomic E-state index is 6.69. The standard InChI is InChI=1S/C52H33N3O/c1-5-13-34(14-6-1)38-22-27-48-44(29-38)45-30-39(35-15-7-2-8-16-35)23-28-49(45)55(48)41-24-26-43-42-25-21-40(31-50(42)56-51(43)32-41)52-53-46(36-17-9-3-10-18-36)33-47(54-52)37-19-11-4-12-20-37/h1-33H. The van der Waals surface area contributed by atoms with Gasteiger partial charge >= 0.3 is 0 Å². The van der Waals surface area contributed by atoms with Crippen molar-refractivity contribution in [3.8, 4) is 61.8 Å². The zero-order valence-electron chi connectivity index (χ0n) is 30.3. The Balaban J connectivity index is 1.05. The van der Waals surface area contributed by atoms with Gasteiger partial charge in [0.2, 0.25) is 0 Å². The second-order valence-electron chi connectivity index (χ2n) is 14.2. The largest absolute Gasteiger partial charge is 0.456 e. The molecule has 0 bridgehead atoms. The van der Waals surface area contributed by atoms with Gasteiger partial charge in [0.05, 0.1) is 22.4 Å². The molecule has 0 amide bonds. The Morgan fingerprint density at radius 2 is 0.768 bits per heavy atom. The summed E-state index contributed by atoms with van der Waals surface area (Å²) in [7, 11) is 0. The summed E-state index contributed by atoms with van der Waals surface area (Å²) < 4.78 is 9.05. The van der Waals surface area contributed by atoms with Crippen molar-refractivity contribution in [3.63, 3.8) is 0 Å². The second kappa shape index (κ2) is 13.1. The van der Waals surface area contributed by atoms with Gasteiger partial charge in [-0.2, -0.15) is 0 Å². The van der Waals surface area contributed by atoms with Crippen molar-refractivity contribution in [1.82, 2.24) is 14.5 Å². The Hall–Kier alpha value is -7.56. The highest BCUT2D eigenvalue weighted by molar-refractivity contribution is 6.12. The second-order valence-corrected chi connectivity index (χ2v) is 14.2. The first-order valence-electron chi connectivity index (χ1n) is 18.9. The Bertz CT molecular complexity index is 3070. The van der Waals surface area contributed by atoms with Gasteiger partial charge in [-0.05, 0) is 76.9 Å². The summed E-state index contributed by atoms with van der Waals surface area (Å²) in [6.45, 7) is 0. The molecule has 0 radical (unpaired) electrons. The topological polar surface area (TPSA) is 43.9 Å². The number of benzene rings is 8. The van der Waals surface area contributed by atoms with Crippen molar-refractivity contribution in [2.45, 2.75) is 0 Å². The molecule has 0 fully saturated rings. The van der Waals surface area contributed by atoms with Crippen LogP contribution in [0.3, 0.4) is 0 Å². The molecule has 4 nitrogen and oxygen atoms in total. The number of hydrogen-bond acceptors (Lipinski definition) is 3. The van der Waals surface area contributed by atoms with Crippen LogP contribution in [0.1, 0.15) is 0 Å². The summed E-state index contributed by atoms with van der Waals surface area (Å²) in [5.41, 5.74) is 14.5. The Kier molecular flexibility index (Phi) is 7.46. The average Bonchev–Trinajstić information content (AvgIpc) is 3.81. The van der Waals surface area contributed by atoms with Crippen LogP contribution in [0.2, 0.25) is 0 Å². The fraction of sp³-hybridized carbons (Fsp3) is 0. The van der Waals surface area contributed by atoms with Crippen LogP contribution in [0, 0.1) is 0 Å². The molecule has 3 aromatic heterocycles. The van der Waals surface area contributed by atoms with Crippen LogP contribution in [0.25, 0.3) is 106 Å². The van der Waals surface area contributed by atoms with E-state index in [9.17, 15) is 0 Å². The highest BCUT2D eigenvalue weighted by Crippen LogP contribution is 2.39. The minimum atomic E-state index is 0.656. The predicted molar refractivity (Wildman–Crippen MR) is 231 cm³/mol. The number of rotatable bonds is 6. The third-order valence-electron chi connectivity index (χ3n) is 10.8. The van der Waals surface area contributed by atoms with Crippen LogP contribution >= 0.6 is 0 Å². The lowest BCUT2D eigenvalue weighted by atomic mass is 10.0. The van der Waals surface area contributed by atoms with Crippen molar-refractivity contribution in [2.24, 2.45) is 0 Å². The van der Waals surface area contributed by atoms with Crippen molar-refractivity contribution in [2.75, 3.05) is 0 Å². The zero-order valence-corrected chi connectivity index (χ0v) is 30.3. The monoisotopic (exact) mass is 715 g/mol. The molecule has 0 aliphatic heterocycles. The summed E-state index contributed by atoms with van der Waals surface area (Å²) in [4.78, 5) is 10.1. The van der Waals surface area contributed by atoms with Crippen molar-refractivity contribution < 1.29 is 4.42 Å². The molecular formula is C52H33N3O. The maximum Gasteiger partial charge on any atom is 0.160 e. The van der Waals surface area contributed by atoms with Gasteiger partial charge in [-0.3, -0.25) is 0 Å². The van der Waals surface area contributed by atoms with Gasteiger partial charge in [-0.1, -0.05) is 140 Å². The van der Waals surface area contributed by atoms with E-state index in [0.717, 1.165) is 66.7 Å². The first-order valence-corrected chi connectivity index (χ1v) is 18.9. The van der Waals surface area contributed by atoms with E-state index in [1.165, 1.54) is 33.0 Å². The lowest BCUT2D eigenvalue weighted by molar-refractivity contribution is 0.668. The molecule has 8 aromatic carbocycles. The van der Waals surface area contributed by atoms with Crippen LogP contribution in [-0.2, 0) is 0 Å². The summed E-state index contributed by atoms with van der Waals surface area (Å²) >= 11 is 0. The summed E-state index contributed by atoms with van der Waals surface area (Å²) in [6.07, 6.45) is 0. The van der Waals surface area contributed by atoms with Gasteiger partial charge in [0.15, 0.2) is 5.82 Å². The van der Waals surface area contributed by atoms with E-state index in [2.05, 4.69) is 168 Å². The molecule has 4 heteroatoms. The molecule has 0 saturated carbocycles. The van der Waals surface area contributed by atoms with E-state index >= 15 is 0 Å². The third kappa shape index (κ3) is 5.47. The summed E-state index contributed by atoms with van der Waals surface area (Å²) in [6, 6.07) is 70.3. The summed E-state index contributed by atoms with van der Waals surface area (Å²) in [5.74, 6) is 0.656. The van der Waals surface area contributed by atoms with Crippen molar-refractivity contribution in [1.29, 1.82) is 0 Å². The van der Waals surface area contributed by atoms with E-state index in [4.69, 9.17) is 14.4 Å². The first kappa shape index (κ1) is 31.9. The number of hydrogen-bond donors (Lipinski definition) is 0. The van der Waals surface area contributed by atoms with Gasteiger partial charge in [0.25, 0.3) is 0 Å². The van der Waals surface area contributed by atoms with Gasteiger partial charge < -0.3 is 8.98 Å². The SMILES string of the molecule is c1ccc(-c2ccc3c(c2)c2cc(-c4ccccc4)ccc2n3-c2ccc3c(c2)oc2cc(-c4nc(-c5ccccc5)cc(-c5ccccc5)n4)ccc23)cc1. The normalized spacial score (nSPS) is 11.6. The minimum absolute atomic E-state index is 0.656. The highest BCUT2D eigenvalue weighted by Gasteiger charge is 2.18. The molecule has 11 rings (SSSR count). The first-order chi connectivity index (χ1) is 27.7. The fourth-order valence-electron chi connectivity index (χ4n) is 8.06. The van der Waals surface area contributed by atoms with E-state index in [0.29, 0.717) is 5.82 Å². The minimum Gasteiger partial charge on any atom is -0.456 e. The maximum atomic E-state index is 6.69. The molecule has 3 heterocycles. The van der Waals surface area contributed by atoms with Crippen LogP contribution in [0.4, 0.5) is 0 Å². The molecule has 56 heavy (non-hydrogen) atoms. The van der Waals surface area contributed by atoms with E-state index in [1.54, 1.807) is 0 Å². The van der Waals surface area contributed by atoms with Crippen LogP contribution < -0.4 is 0 Å². The van der Waals surface area contributed by atoms with E-state index in [1.807, 2.05) is 36.4 Å². The molecule has 11 aromatic rings. The van der Waals surface area contributed by atoms with Crippen molar-refractivity contribution >= 4 is 43.7 Å². The van der Waals surface area contributed by atoms with Gasteiger partial charge in [-0.15, -0.1) is 0 Å². The van der Waals surface area contributed by atoms with E-state index in [-0.39, 0.29) is 0 Å². The molecule has 0 aliphatic rings. The van der Waals surface area contributed by atoms with Crippen LogP contribution in [0.5, 0.6) is 0 Å². The number of fused-ring (bicyclic) bond motifs is 6. The molecular weight excluding hydrogens is 683 g/mol. The molecule has 0 unspecified atom stereocenters. The fourth-order valence-corrected chi connectivity index (χ4v) is 8.06. The average molecular weight is 716 g/mol. The molecule has 0 atom stereocenters. The molecule has 262 valence electrons. The Morgan fingerprint density at radius 3 is 1.29 bits per heavy atom. The quantitative estimate of drug-likeness (QED) is 0.172.